The van der Waals surface area contributed by atoms with Crippen LogP contribution in [0.5, 0.6) is 11.5 Å². The summed E-state index contributed by atoms with van der Waals surface area (Å²) in [6, 6.07) is 5.20. The van der Waals surface area contributed by atoms with Gasteiger partial charge in [-0.15, -0.1) is 0 Å². The zero-order valence-electron chi connectivity index (χ0n) is 13.8. The second-order valence-corrected chi connectivity index (χ2v) is 5.65. The Kier molecular flexibility index (Phi) is 5.84. The van der Waals surface area contributed by atoms with Crippen molar-refractivity contribution in [3.8, 4) is 11.5 Å². The monoisotopic (exact) mass is 320 g/mol. The van der Waals surface area contributed by atoms with Crippen molar-refractivity contribution in [2.24, 2.45) is 11.8 Å². The van der Waals surface area contributed by atoms with Gasteiger partial charge in [0.25, 0.3) is 0 Å². The van der Waals surface area contributed by atoms with Gasteiger partial charge in [-0.3, -0.25) is 9.59 Å². The van der Waals surface area contributed by atoms with Gasteiger partial charge in [0.1, 0.15) is 11.5 Å². The second-order valence-electron chi connectivity index (χ2n) is 5.65. The normalized spacial score (nSPS) is 18.9. The summed E-state index contributed by atoms with van der Waals surface area (Å²) >= 11 is 0. The fraction of sp³-hybridized carbons (Fsp3) is 0.529. The summed E-state index contributed by atoms with van der Waals surface area (Å²) in [6.45, 7) is 2.74. The van der Waals surface area contributed by atoms with Crippen LogP contribution in [0.25, 0.3) is 0 Å². The molecule has 2 unspecified atom stereocenters. The quantitative estimate of drug-likeness (QED) is 0.720. The molecule has 0 spiro atoms. The minimum atomic E-state index is -0.271. The van der Waals surface area contributed by atoms with Crippen LogP contribution in [0.3, 0.4) is 0 Å². The summed E-state index contributed by atoms with van der Waals surface area (Å²) in [5.41, 5.74) is 0.550. The van der Waals surface area contributed by atoms with Gasteiger partial charge >= 0.3 is 0 Å². The maximum atomic E-state index is 12.3. The predicted octanol–water partition coefficient (Wildman–Crippen LogP) is 2.19. The third-order valence-electron chi connectivity index (χ3n) is 3.96. The number of anilines is 1. The average Bonchev–Trinajstić information content (AvgIpc) is 3.35. The van der Waals surface area contributed by atoms with Crippen molar-refractivity contribution >= 4 is 17.5 Å². The number of benzene rings is 1. The fourth-order valence-corrected chi connectivity index (χ4v) is 2.43. The fourth-order valence-electron chi connectivity index (χ4n) is 2.43. The lowest BCUT2D eigenvalue weighted by molar-refractivity contribution is -0.125. The molecule has 0 heterocycles. The van der Waals surface area contributed by atoms with Gasteiger partial charge in [0.2, 0.25) is 11.8 Å². The van der Waals surface area contributed by atoms with Crippen LogP contribution in [0.15, 0.2) is 18.2 Å². The van der Waals surface area contributed by atoms with Crippen molar-refractivity contribution in [1.82, 2.24) is 5.32 Å². The highest BCUT2D eigenvalue weighted by Gasteiger charge is 2.48. The maximum absolute atomic E-state index is 12.3. The van der Waals surface area contributed by atoms with E-state index in [1.54, 1.807) is 32.4 Å². The Morgan fingerprint density at radius 1 is 1.17 bits per heavy atom. The van der Waals surface area contributed by atoms with Gasteiger partial charge in [0.15, 0.2) is 0 Å². The summed E-state index contributed by atoms with van der Waals surface area (Å²) in [5.74, 6) is 0.508. The van der Waals surface area contributed by atoms with Gasteiger partial charge < -0.3 is 20.1 Å². The highest BCUT2D eigenvalue weighted by Crippen LogP contribution is 2.40. The van der Waals surface area contributed by atoms with Crippen molar-refractivity contribution in [1.29, 1.82) is 0 Å². The van der Waals surface area contributed by atoms with E-state index in [1.165, 1.54) is 0 Å². The van der Waals surface area contributed by atoms with Crippen LogP contribution in [-0.2, 0) is 9.59 Å². The Morgan fingerprint density at radius 3 is 2.57 bits per heavy atom. The first-order valence-electron chi connectivity index (χ1n) is 7.91. The molecule has 126 valence electrons. The number of amides is 2. The molecule has 2 N–H and O–H groups in total. The van der Waals surface area contributed by atoms with E-state index in [2.05, 4.69) is 17.6 Å². The first-order chi connectivity index (χ1) is 11.1. The van der Waals surface area contributed by atoms with Crippen LogP contribution >= 0.6 is 0 Å². The SMILES string of the molecule is CCCCNC(=O)C1CC1C(=O)Nc1cc(OC)ccc1OC. The van der Waals surface area contributed by atoms with E-state index in [-0.39, 0.29) is 23.7 Å². The molecule has 0 aromatic heterocycles. The molecule has 2 amide bonds. The molecule has 6 nitrogen and oxygen atoms in total. The summed E-state index contributed by atoms with van der Waals surface area (Å²) in [5, 5.41) is 5.70. The molecule has 2 atom stereocenters. The van der Waals surface area contributed by atoms with Gasteiger partial charge in [-0.05, 0) is 25.0 Å². The summed E-state index contributed by atoms with van der Waals surface area (Å²) in [6.07, 6.45) is 2.58. The van der Waals surface area contributed by atoms with E-state index in [4.69, 9.17) is 9.47 Å². The molecule has 0 bridgehead atoms. The Labute approximate surface area is 136 Å². The third-order valence-corrected chi connectivity index (χ3v) is 3.96. The van der Waals surface area contributed by atoms with Crippen LogP contribution in [0, 0.1) is 11.8 Å². The number of unbranched alkanes of at least 4 members (excludes halogenated alkanes) is 1. The minimum absolute atomic E-state index is 0.0313. The molecule has 1 aliphatic rings. The molecule has 1 aliphatic carbocycles. The average molecular weight is 320 g/mol. The standard InChI is InChI=1S/C17H24N2O4/c1-4-5-8-18-16(20)12-10-13(12)17(21)19-14-9-11(22-2)6-7-15(14)23-3/h6-7,9,12-13H,4-5,8,10H2,1-3H3,(H,18,20)(H,19,21). The number of carbonyl (C=O) groups is 2. The number of carbonyl (C=O) groups excluding carboxylic acids is 2. The molecule has 0 saturated heterocycles. The molecule has 6 heteroatoms. The molecule has 0 radical (unpaired) electrons. The van der Waals surface area contributed by atoms with E-state index in [9.17, 15) is 9.59 Å². The maximum Gasteiger partial charge on any atom is 0.228 e. The van der Waals surface area contributed by atoms with Crippen molar-refractivity contribution in [2.75, 3.05) is 26.1 Å². The van der Waals surface area contributed by atoms with Crippen LogP contribution < -0.4 is 20.1 Å². The minimum Gasteiger partial charge on any atom is -0.497 e. The topological polar surface area (TPSA) is 76.7 Å². The van der Waals surface area contributed by atoms with Gasteiger partial charge in [-0.25, -0.2) is 0 Å². The molecule has 23 heavy (non-hydrogen) atoms. The van der Waals surface area contributed by atoms with Crippen LogP contribution in [-0.4, -0.2) is 32.6 Å². The molecule has 2 rings (SSSR count). The zero-order valence-corrected chi connectivity index (χ0v) is 13.8. The van der Waals surface area contributed by atoms with E-state index < -0.39 is 0 Å². The lowest BCUT2D eigenvalue weighted by Gasteiger charge is -2.11. The van der Waals surface area contributed by atoms with Crippen LogP contribution in [0.2, 0.25) is 0 Å². The highest BCUT2D eigenvalue weighted by molar-refractivity contribution is 6.00. The largest absolute Gasteiger partial charge is 0.497 e. The van der Waals surface area contributed by atoms with Gasteiger partial charge in [0.05, 0.1) is 31.7 Å². The number of methoxy groups -OCH3 is 2. The van der Waals surface area contributed by atoms with Crippen molar-refractivity contribution < 1.29 is 19.1 Å². The van der Waals surface area contributed by atoms with Crippen LogP contribution in [0.1, 0.15) is 26.2 Å². The van der Waals surface area contributed by atoms with E-state index in [1.807, 2.05) is 0 Å². The Bertz CT molecular complexity index is 574. The summed E-state index contributed by atoms with van der Waals surface area (Å²) in [4.78, 5) is 24.2. The number of rotatable bonds is 8. The van der Waals surface area contributed by atoms with Crippen LogP contribution in [0.4, 0.5) is 5.69 Å². The number of ether oxygens (including phenoxy) is 2. The van der Waals surface area contributed by atoms with E-state index in [0.717, 1.165) is 12.8 Å². The number of hydrogen-bond donors (Lipinski definition) is 2. The number of nitrogens with one attached hydrogen (secondary N) is 2. The Balaban J connectivity index is 1.92. The lowest BCUT2D eigenvalue weighted by Crippen LogP contribution is -2.28. The third kappa shape index (κ3) is 4.37. The van der Waals surface area contributed by atoms with Crippen molar-refractivity contribution in [3.05, 3.63) is 18.2 Å². The first-order valence-corrected chi connectivity index (χ1v) is 7.91. The van der Waals surface area contributed by atoms with Crippen molar-refractivity contribution in [3.63, 3.8) is 0 Å². The Morgan fingerprint density at radius 2 is 1.91 bits per heavy atom. The Hall–Kier alpha value is -2.24. The molecule has 1 saturated carbocycles. The second kappa shape index (κ2) is 7.85. The van der Waals surface area contributed by atoms with E-state index >= 15 is 0 Å². The first kappa shape index (κ1) is 17.1. The molecule has 1 aromatic rings. The van der Waals surface area contributed by atoms with Gasteiger partial charge in [-0.2, -0.15) is 0 Å². The predicted molar refractivity (Wildman–Crippen MR) is 87.7 cm³/mol. The van der Waals surface area contributed by atoms with Gasteiger partial charge in [-0.1, -0.05) is 13.3 Å². The number of hydrogen-bond acceptors (Lipinski definition) is 4. The molecular formula is C17H24N2O4. The van der Waals surface area contributed by atoms with E-state index in [0.29, 0.717) is 30.2 Å². The zero-order chi connectivity index (χ0) is 16.8. The van der Waals surface area contributed by atoms with Crippen molar-refractivity contribution in [2.45, 2.75) is 26.2 Å². The molecule has 1 aromatic carbocycles. The van der Waals surface area contributed by atoms with Gasteiger partial charge in [0, 0.05) is 12.6 Å². The molecule has 1 fully saturated rings. The molecule has 0 aliphatic heterocycles. The summed E-state index contributed by atoms with van der Waals surface area (Å²) < 4.78 is 10.4. The lowest BCUT2D eigenvalue weighted by atomic mass is 10.2. The highest BCUT2D eigenvalue weighted by atomic mass is 16.5. The summed E-state index contributed by atoms with van der Waals surface area (Å²) in [7, 11) is 3.10. The smallest absolute Gasteiger partial charge is 0.228 e. The molecular weight excluding hydrogens is 296 g/mol.